The van der Waals surface area contributed by atoms with Crippen LogP contribution in [-0.2, 0) is 0 Å². The zero-order valence-electron chi connectivity index (χ0n) is 11.8. The van der Waals surface area contributed by atoms with E-state index in [9.17, 15) is 19.3 Å². The van der Waals surface area contributed by atoms with E-state index in [0.29, 0.717) is 5.56 Å². The first-order chi connectivity index (χ1) is 10.8. The van der Waals surface area contributed by atoms with Gasteiger partial charge in [0.1, 0.15) is 10.8 Å². The van der Waals surface area contributed by atoms with Gasteiger partial charge in [-0.05, 0) is 36.8 Å². The molecule has 0 spiro atoms. The van der Waals surface area contributed by atoms with Crippen molar-refractivity contribution in [3.8, 4) is 6.07 Å². The van der Waals surface area contributed by atoms with Crippen molar-refractivity contribution in [3.63, 3.8) is 0 Å². The molecule has 8 heteroatoms. The molecule has 0 fully saturated rings. The topological polar surface area (TPSA) is 96.0 Å². The summed E-state index contributed by atoms with van der Waals surface area (Å²) in [6.07, 6.45) is 0. The molecule has 2 aromatic rings. The molecule has 1 amide bonds. The first-order valence-electron chi connectivity index (χ1n) is 6.29. The number of anilines is 1. The average Bonchev–Trinajstić information content (AvgIpc) is 2.49. The highest BCUT2D eigenvalue weighted by Crippen LogP contribution is 2.30. The fourth-order valence-electron chi connectivity index (χ4n) is 1.90. The van der Waals surface area contributed by atoms with Gasteiger partial charge in [-0.1, -0.05) is 11.6 Å². The van der Waals surface area contributed by atoms with Crippen LogP contribution in [0.25, 0.3) is 0 Å². The minimum absolute atomic E-state index is 0.0913. The summed E-state index contributed by atoms with van der Waals surface area (Å²) in [7, 11) is 0. The molecule has 0 aliphatic rings. The number of carbonyl (C=O) groups is 1. The van der Waals surface area contributed by atoms with Crippen molar-refractivity contribution >= 4 is 28.9 Å². The number of halogens is 2. The maximum Gasteiger partial charge on any atom is 0.288 e. The minimum atomic E-state index is -0.841. The van der Waals surface area contributed by atoms with Crippen molar-refractivity contribution in [1.82, 2.24) is 0 Å². The van der Waals surface area contributed by atoms with Crippen molar-refractivity contribution in [2.75, 3.05) is 5.32 Å². The smallest absolute Gasteiger partial charge is 0.288 e. The van der Waals surface area contributed by atoms with Crippen LogP contribution < -0.4 is 5.32 Å². The Bertz CT molecular complexity index is 862. The second-order valence-electron chi connectivity index (χ2n) is 4.64. The highest BCUT2D eigenvalue weighted by atomic mass is 35.5. The lowest BCUT2D eigenvalue weighted by molar-refractivity contribution is -0.384. The predicted molar refractivity (Wildman–Crippen MR) is 81.9 cm³/mol. The van der Waals surface area contributed by atoms with Crippen LogP contribution in [0.15, 0.2) is 30.3 Å². The standard InChI is InChI=1S/C15H9ClFN3O3/c1-8-4-14(20(22)23)11(16)6-13(8)19-15(21)10-3-2-9(7-18)5-12(10)17/h2-6H,1H3,(H,19,21). The van der Waals surface area contributed by atoms with Gasteiger partial charge in [-0.15, -0.1) is 0 Å². The average molecular weight is 334 g/mol. The van der Waals surface area contributed by atoms with E-state index in [1.54, 1.807) is 13.0 Å². The third kappa shape index (κ3) is 3.44. The van der Waals surface area contributed by atoms with Gasteiger partial charge in [0.25, 0.3) is 11.6 Å². The molecule has 2 rings (SSSR count). The van der Waals surface area contributed by atoms with E-state index in [-0.39, 0.29) is 27.5 Å². The predicted octanol–water partition coefficient (Wildman–Crippen LogP) is 3.82. The number of amides is 1. The van der Waals surface area contributed by atoms with Gasteiger partial charge in [0.15, 0.2) is 0 Å². The summed E-state index contributed by atoms with van der Waals surface area (Å²) in [5.74, 6) is -1.59. The maximum atomic E-state index is 13.8. The quantitative estimate of drug-likeness (QED) is 0.682. The molecule has 0 radical (unpaired) electrons. The molecule has 0 aliphatic heterocycles. The fourth-order valence-corrected chi connectivity index (χ4v) is 2.13. The van der Waals surface area contributed by atoms with E-state index in [1.165, 1.54) is 24.3 Å². The maximum absolute atomic E-state index is 13.8. The molecule has 2 aromatic carbocycles. The molecule has 116 valence electrons. The number of carbonyl (C=O) groups excluding carboxylic acids is 1. The van der Waals surface area contributed by atoms with Crippen molar-refractivity contribution in [2.24, 2.45) is 0 Å². The third-order valence-corrected chi connectivity index (χ3v) is 3.38. The minimum Gasteiger partial charge on any atom is -0.322 e. The van der Waals surface area contributed by atoms with Crippen LogP contribution in [0.4, 0.5) is 15.8 Å². The van der Waals surface area contributed by atoms with Gasteiger partial charge in [-0.25, -0.2) is 4.39 Å². The molecule has 0 unspecified atom stereocenters. The monoisotopic (exact) mass is 333 g/mol. The van der Waals surface area contributed by atoms with Crippen molar-refractivity contribution < 1.29 is 14.1 Å². The van der Waals surface area contributed by atoms with Gasteiger partial charge in [-0.2, -0.15) is 5.26 Å². The van der Waals surface area contributed by atoms with E-state index < -0.39 is 16.6 Å². The normalized spacial score (nSPS) is 10.0. The lowest BCUT2D eigenvalue weighted by Crippen LogP contribution is -2.14. The number of nitrogens with zero attached hydrogens (tertiary/aromatic N) is 2. The molecule has 0 aliphatic carbocycles. The first kappa shape index (κ1) is 16.4. The second kappa shape index (κ2) is 6.42. The van der Waals surface area contributed by atoms with Gasteiger partial charge < -0.3 is 5.32 Å². The van der Waals surface area contributed by atoms with Gasteiger partial charge in [-0.3, -0.25) is 14.9 Å². The Labute approximate surface area is 135 Å². The molecule has 0 aromatic heterocycles. The number of aryl methyl sites for hydroxylation is 1. The molecule has 6 nitrogen and oxygen atoms in total. The number of hydrogen-bond acceptors (Lipinski definition) is 4. The SMILES string of the molecule is Cc1cc([N+](=O)[O-])c(Cl)cc1NC(=O)c1ccc(C#N)cc1F. The second-order valence-corrected chi connectivity index (χ2v) is 5.04. The Balaban J connectivity index is 2.33. The molecular weight excluding hydrogens is 325 g/mol. The lowest BCUT2D eigenvalue weighted by Gasteiger charge is -2.10. The number of nitrogens with one attached hydrogen (secondary N) is 1. The summed E-state index contributed by atoms with van der Waals surface area (Å²) >= 11 is 5.79. The number of hydrogen-bond donors (Lipinski definition) is 1. The van der Waals surface area contributed by atoms with E-state index in [0.717, 1.165) is 6.07 Å². The van der Waals surface area contributed by atoms with Crippen LogP contribution in [0.3, 0.4) is 0 Å². The van der Waals surface area contributed by atoms with Crippen molar-refractivity contribution in [3.05, 3.63) is 68.0 Å². The van der Waals surface area contributed by atoms with Gasteiger partial charge in [0.2, 0.25) is 0 Å². The molecule has 0 bridgehead atoms. The molecule has 0 saturated carbocycles. The summed E-state index contributed by atoms with van der Waals surface area (Å²) in [5, 5.41) is 21.8. The Morgan fingerprint density at radius 1 is 1.39 bits per heavy atom. The highest BCUT2D eigenvalue weighted by molar-refractivity contribution is 6.33. The Kier molecular flexibility index (Phi) is 4.57. The summed E-state index contributed by atoms with van der Waals surface area (Å²) in [6.45, 7) is 1.55. The van der Waals surface area contributed by atoms with Crippen LogP contribution in [-0.4, -0.2) is 10.8 Å². The van der Waals surface area contributed by atoms with Gasteiger partial charge >= 0.3 is 0 Å². The van der Waals surface area contributed by atoms with E-state index >= 15 is 0 Å². The molecule has 23 heavy (non-hydrogen) atoms. The van der Waals surface area contributed by atoms with Crippen molar-refractivity contribution in [2.45, 2.75) is 6.92 Å². The lowest BCUT2D eigenvalue weighted by atomic mass is 10.1. The largest absolute Gasteiger partial charge is 0.322 e. The first-order valence-corrected chi connectivity index (χ1v) is 6.67. The molecule has 0 saturated heterocycles. The number of nitro groups is 1. The molecule has 0 atom stereocenters. The van der Waals surface area contributed by atoms with E-state index in [2.05, 4.69) is 5.32 Å². The summed E-state index contributed by atoms with van der Waals surface area (Å²) < 4.78 is 13.8. The van der Waals surface area contributed by atoms with Crippen LogP contribution in [0, 0.1) is 34.2 Å². The number of nitriles is 1. The van der Waals surface area contributed by atoms with Crippen LogP contribution in [0.1, 0.15) is 21.5 Å². The van der Waals surface area contributed by atoms with Crippen LogP contribution in [0.5, 0.6) is 0 Å². The Morgan fingerprint density at radius 2 is 2.09 bits per heavy atom. The van der Waals surface area contributed by atoms with E-state index in [4.69, 9.17) is 16.9 Å². The Morgan fingerprint density at radius 3 is 2.65 bits per heavy atom. The summed E-state index contributed by atoms with van der Waals surface area (Å²) in [6, 6.07) is 7.66. The molecule has 1 N–H and O–H groups in total. The zero-order chi connectivity index (χ0) is 17.1. The van der Waals surface area contributed by atoms with Crippen LogP contribution >= 0.6 is 11.6 Å². The van der Waals surface area contributed by atoms with E-state index in [1.807, 2.05) is 0 Å². The summed E-state index contributed by atoms with van der Waals surface area (Å²) in [5.41, 5.74) is 0.191. The molecular formula is C15H9ClFN3O3. The van der Waals surface area contributed by atoms with Crippen molar-refractivity contribution in [1.29, 1.82) is 5.26 Å². The highest BCUT2D eigenvalue weighted by Gasteiger charge is 2.18. The molecule has 0 heterocycles. The number of rotatable bonds is 3. The summed E-state index contributed by atoms with van der Waals surface area (Å²) in [4.78, 5) is 22.3. The van der Waals surface area contributed by atoms with Gasteiger partial charge in [0, 0.05) is 11.8 Å². The Hall–Kier alpha value is -2.98. The van der Waals surface area contributed by atoms with Crippen LogP contribution in [0.2, 0.25) is 5.02 Å². The fraction of sp³-hybridized carbons (Fsp3) is 0.0667. The zero-order valence-corrected chi connectivity index (χ0v) is 12.5. The third-order valence-electron chi connectivity index (χ3n) is 3.08. The number of benzene rings is 2. The van der Waals surface area contributed by atoms with Gasteiger partial charge in [0.05, 0.1) is 22.1 Å². The number of nitro benzene ring substituents is 1.